The van der Waals surface area contributed by atoms with E-state index in [9.17, 15) is 17.6 Å². The van der Waals surface area contributed by atoms with Crippen molar-refractivity contribution in [3.8, 4) is 16.9 Å². The van der Waals surface area contributed by atoms with Crippen LogP contribution in [0.5, 0.6) is 5.75 Å². The molecule has 0 N–H and O–H groups in total. The zero-order valence-electron chi connectivity index (χ0n) is 18.6. The third-order valence-corrected chi connectivity index (χ3v) is 5.81. The molecule has 0 bridgehead atoms. The predicted octanol–water partition coefficient (Wildman–Crippen LogP) is 8.26. The smallest absolute Gasteiger partial charge is 0.387 e. The van der Waals surface area contributed by atoms with Gasteiger partial charge in [0.05, 0.1) is 0 Å². The average Bonchev–Trinajstić information content (AvgIpc) is 2.81. The molecule has 0 aliphatic carbocycles. The highest BCUT2D eigenvalue weighted by molar-refractivity contribution is 5.88. The molecule has 0 saturated heterocycles. The number of benzene rings is 4. The highest BCUT2D eigenvalue weighted by Gasteiger charge is 2.17. The molecule has 0 unspecified atom stereocenters. The summed E-state index contributed by atoms with van der Waals surface area (Å²) in [6.07, 6.45) is 2.43. The van der Waals surface area contributed by atoms with Gasteiger partial charge in [-0.3, -0.25) is 0 Å². The van der Waals surface area contributed by atoms with E-state index in [0.717, 1.165) is 41.5 Å². The average molecular weight is 470 g/mol. The van der Waals surface area contributed by atoms with Gasteiger partial charge < -0.3 is 4.74 Å². The standard InChI is InChI=1S/C28H23F5O/c1-2-3-17-4-7-19(8-5-17)21-12-13-23-22(16-21)11-10-20(26(23)31)9-6-18-14-24(29)27(25(30)15-18)34-28(32)33/h4-5,7-8,10-16,28H,2-3,6,9H2,1H3. The van der Waals surface area contributed by atoms with Gasteiger partial charge in [0, 0.05) is 5.39 Å². The Bertz CT molecular complexity index is 1280. The van der Waals surface area contributed by atoms with Crippen molar-refractivity contribution in [3.05, 3.63) is 101 Å². The van der Waals surface area contributed by atoms with Crippen molar-refractivity contribution in [3.63, 3.8) is 0 Å². The lowest BCUT2D eigenvalue weighted by Crippen LogP contribution is -2.06. The number of aryl methyl sites for hydroxylation is 3. The van der Waals surface area contributed by atoms with Crippen molar-refractivity contribution in [2.45, 2.75) is 39.2 Å². The molecule has 0 aliphatic heterocycles. The zero-order chi connectivity index (χ0) is 24.2. The minimum absolute atomic E-state index is 0.132. The van der Waals surface area contributed by atoms with Gasteiger partial charge in [-0.15, -0.1) is 0 Å². The Labute approximate surface area is 194 Å². The molecule has 4 rings (SSSR count). The summed E-state index contributed by atoms with van der Waals surface area (Å²) in [5.41, 5.74) is 3.93. The molecule has 0 aromatic heterocycles. The van der Waals surface area contributed by atoms with Crippen LogP contribution in [0.25, 0.3) is 21.9 Å². The Kier molecular flexibility index (Phi) is 7.15. The van der Waals surface area contributed by atoms with Gasteiger partial charge in [-0.1, -0.05) is 61.9 Å². The Balaban J connectivity index is 1.53. The topological polar surface area (TPSA) is 9.23 Å². The van der Waals surface area contributed by atoms with Gasteiger partial charge >= 0.3 is 6.61 Å². The van der Waals surface area contributed by atoms with E-state index in [1.807, 2.05) is 18.2 Å². The van der Waals surface area contributed by atoms with Crippen LogP contribution in [0.4, 0.5) is 22.0 Å². The summed E-state index contributed by atoms with van der Waals surface area (Å²) in [6, 6.07) is 19.2. The lowest BCUT2D eigenvalue weighted by molar-refractivity contribution is -0.0546. The number of hydrogen-bond acceptors (Lipinski definition) is 1. The first-order chi connectivity index (χ1) is 16.4. The SMILES string of the molecule is CCCc1ccc(-c2ccc3c(F)c(CCc4cc(F)c(OC(F)F)c(F)c4)ccc3c2)cc1. The van der Waals surface area contributed by atoms with Crippen LogP contribution in [-0.4, -0.2) is 6.61 Å². The molecule has 1 nitrogen and oxygen atoms in total. The fourth-order valence-corrected chi connectivity index (χ4v) is 4.10. The number of rotatable bonds is 8. The van der Waals surface area contributed by atoms with Crippen LogP contribution in [-0.2, 0) is 19.3 Å². The van der Waals surface area contributed by atoms with Crippen molar-refractivity contribution in [2.75, 3.05) is 0 Å². The maximum absolute atomic E-state index is 15.2. The lowest BCUT2D eigenvalue weighted by Gasteiger charge is -2.11. The van der Waals surface area contributed by atoms with Crippen molar-refractivity contribution in [1.82, 2.24) is 0 Å². The van der Waals surface area contributed by atoms with E-state index in [4.69, 9.17) is 0 Å². The minimum atomic E-state index is -3.33. The molecule has 0 fully saturated rings. The Morgan fingerprint density at radius 1 is 0.706 bits per heavy atom. The van der Waals surface area contributed by atoms with Gasteiger partial charge in [-0.2, -0.15) is 8.78 Å². The Hall–Kier alpha value is -3.41. The number of hydrogen-bond donors (Lipinski definition) is 0. The summed E-state index contributed by atoms with van der Waals surface area (Å²) in [5, 5.41) is 1.21. The molecule has 0 aliphatic rings. The highest BCUT2D eigenvalue weighted by atomic mass is 19.3. The maximum atomic E-state index is 15.2. The van der Waals surface area contributed by atoms with E-state index in [2.05, 4.69) is 35.9 Å². The van der Waals surface area contributed by atoms with E-state index in [1.54, 1.807) is 12.1 Å². The molecule has 4 aromatic rings. The number of ether oxygens (including phenoxy) is 1. The Morgan fingerprint density at radius 2 is 1.38 bits per heavy atom. The van der Waals surface area contributed by atoms with Crippen molar-refractivity contribution in [1.29, 1.82) is 0 Å². The van der Waals surface area contributed by atoms with Crippen molar-refractivity contribution < 1.29 is 26.7 Å². The second kappa shape index (κ2) is 10.2. The fourth-order valence-electron chi connectivity index (χ4n) is 4.10. The normalized spacial score (nSPS) is 11.4. The fraction of sp³-hybridized carbons (Fsp3) is 0.214. The number of halogens is 5. The van der Waals surface area contributed by atoms with Gasteiger partial charge in [-0.05, 0) is 70.7 Å². The lowest BCUT2D eigenvalue weighted by atomic mass is 9.96. The highest BCUT2D eigenvalue weighted by Crippen LogP contribution is 2.29. The molecule has 0 atom stereocenters. The quantitative estimate of drug-likeness (QED) is 0.236. The number of fused-ring (bicyclic) bond motifs is 1. The first kappa shape index (κ1) is 23.7. The Morgan fingerprint density at radius 3 is 2.03 bits per heavy atom. The molecular weight excluding hydrogens is 447 g/mol. The van der Waals surface area contributed by atoms with E-state index >= 15 is 4.39 Å². The van der Waals surface area contributed by atoms with Gasteiger partial charge in [0.2, 0.25) is 0 Å². The van der Waals surface area contributed by atoms with Crippen LogP contribution < -0.4 is 4.74 Å². The monoisotopic (exact) mass is 470 g/mol. The molecule has 4 aromatic carbocycles. The summed E-state index contributed by atoms with van der Waals surface area (Å²) < 4.78 is 71.5. The van der Waals surface area contributed by atoms with E-state index in [1.165, 1.54) is 5.56 Å². The molecule has 0 saturated carbocycles. The summed E-state index contributed by atoms with van der Waals surface area (Å²) in [5.74, 6) is -3.94. The third-order valence-electron chi connectivity index (χ3n) is 5.81. The molecule has 34 heavy (non-hydrogen) atoms. The second-order valence-corrected chi connectivity index (χ2v) is 8.19. The van der Waals surface area contributed by atoms with Gasteiger partial charge in [0.1, 0.15) is 5.82 Å². The van der Waals surface area contributed by atoms with E-state index < -0.39 is 24.0 Å². The summed E-state index contributed by atoms with van der Waals surface area (Å²) in [6.45, 7) is -1.19. The summed E-state index contributed by atoms with van der Waals surface area (Å²) >= 11 is 0. The maximum Gasteiger partial charge on any atom is 0.387 e. The van der Waals surface area contributed by atoms with Gasteiger partial charge in [0.25, 0.3) is 0 Å². The van der Waals surface area contributed by atoms with Crippen LogP contribution in [0, 0.1) is 17.5 Å². The van der Waals surface area contributed by atoms with E-state index in [-0.39, 0.29) is 24.2 Å². The first-order valence-corrected chi connectivity index (χ1v) is 11.1. The van der Waals surface area contributed by atoms with Gasteiger partial charge in [-0.25, -0.2) is 13.2 Å². The molecule has 0 radical (unpaired) electrons. The molecule has 0 amide bonds. The predicted molar refractivity (Wildman–Crippen MR) is 124 cm³/mol. The van der Waals surface area contributed by atoms with E-state index in [0.29, 0.717) is 10.9 Å². The first-order valence-electron chi connectivity index (χ1n) is 11.1. The van der Waals surface area contributed by atoms with Gasteiger partial charge in [0.15, 0.2) is 17.4 Å². The molecule has 176 valence electrons. The van der Waals surface area contributed by atoms with Crippen molar-refractivity contribution >= 4 is 10.8 Å². The molecule has 0 spiro atoms. The minimum Gasteiger partial charge on any atom is -0.429 e. The zero-order valence-corrected chi connectivity index (χ0v) is 18.6. The number of alkyl halides is 2. The third kappa shape index (κ3) is 5.22. The van der Waals surface area contributed by atoms with Crippen LogP contribution in [0.1, 0.15) is 30.0 Å². The molecule has 0 heterocycles. The van der Waals surface area contributed by atoms with Crippen LogP contribution in [0.3, 0.4) is 0 Å². The summed E-state index contributed by atoms with van der Waals surface area (Å²) in [4.78, 5) is 0. The van der Waals surface area contributed by atoms with Crippen LogP contribution in [0.15, 0.2) is 66.7 Å². The van der Waals surface area contributed by atoms with Crippen molar-refractivity contribution in [2.24, 2.45) is 0 Å². The second-order valence-electron chi connectivity index (χ2n) is 8.19. The molecular formula is C28H23F5O. The largest absolute Gasteiger partial charge is 0.429 e. The molecule has 6 heteroatoms. The van der Waals surface area contributed by atoms with Crippen LogP contribution >= 0.6 is 0 Å². The van der Waals surface area contributed by atoms with Crippen LogP contribution in [0.2, 0.25) is 0 Å². The summed E-state index contributed by atoms with van der Waals surface area (Å²) in [7, 11) is 0.